The van der Waals surface area contributed by atoms with Crippen molar-refractivity contribution in [1.82, 2.24) is 14.7 Å². The van der Waals surface area contributed by atoms with Crippen molar-refractivity contribution in [3.05, 3.63) is 82.6 Å². The van der Waals surface area contributed by atoms with E-state index in [4.69, 9.17) is 5.73 Å². The number of thiophene rings is 1. The fourth-order valence-electron chi connectivity index (χ4n) is 6.36. The number of nitrogens with zero attached hydrogens (tertiary/aromatic N) is 3. The van der Waals surface area contributed by atoms with Gasteiger partial charge in [0.2, 0.25) is 17.7 Å². The van der Waals surface area contributed by atoms with Gasteiger partial charge in [-0.25, -0.2) is 0 Å². The fraction of sp³-hybridized carbons (Fsp3) is 0.486. The zero-order valence-corrected chi connectivity index (χ0v) is 28.7. The van der Waals surface area contributed by atoms with Gasteiger partial charge in [0, 0.05) is 56.9 Å². The second kappa shape index (κ2) is 15.8. The average Bonchev–Trinajstić information content (AvgIpc) is 3.55. The predicted molar refractivity (Wildman–Crippen MR) is 185 cm³/mol. The number of piperidine rings is 1. The van der Waals surface area contributed by atoms with Gasteiger partial charge >= 0.3 is 0 Å². The smallest absolute Gasteiger partial charge is 0.246 e. The minimum atomic E-state index is -0.806. The first-order valence-corrected chi connectivity index (χ1v) is 17.1. The molecule has 8 nitrogen and oxygen atoms in total. The predicted octanol–water partition coefficient (Wildman–Crippen LogP) is 4.99. The van der Waals surface area contributed by atoms with Gasteiger partial charge in [0.1, 0.15) is 12.1 Å². The summed E-state index contributed by atoms with van der Waals surface area (Å²) < 4.78 is 0. The molecule has 4 rings (SSSR count). The Morgan fingerprint density at radius 2 is 1.54 bits per heavy atom. The van der Waals surface area contributed by atoms with E-state index >= 15 is 0 Å². The summed E-state index contributed by atoms with van der Waals surface area (Å²) in [6.07, 6.45) is 2.27. The van der Waals surface area contributed by atoms with Crippen LogP contribution in [0.15, 0.2) is 72.1 Å². The minimum Gasteiger partial charge on any atom is -0.393 e. The van der Waals surface area contributed by atoms with Gasteiger partial charge in [-0.2, -0.15) is 0 Å². The van der Waals surface area contributed by atoms with Gasteiger partial charge in [-0.3, -0.25) is 14.4 Å². The maximum Gasteiger partial charge on any atom is 0.246 e. The van der Waals surface area contributed by atoms with Gasteiger partial charge in [-0.05, 0) is 67.2 Å². The van der Waals surface area contributed by atoms with Gasteiger partial charge in [0.05, 0.1) is 6.10 Å². The van der Waals surface area contributed by atoms with Crippen molar-refractivity contribution < 1.29 is 19.5 Å². The molecule has 3 aromatic rings. The zero-order valence-electron chi connectivity index (χ0n) is 27.9. The third-order valence-corrected chi connectivity index (χ3v) is 9.78. The van der Waals surface area contributed by atoms with Gasteiger partial charge in [0.15, 0.2) is 0 Å². The molecule has 9 heteroatoms. The molecule has 248 valence electrons. The number of aliphatic hydroxyl groups is 1. The van der Waals surface area contributed by atoms with Crippen molar-refractivity contribution in [3.63, 3.8) is 0 Å². The number of nitrogens with two attached hydrogens (primary N) is 1. The van der Waals surface area contributed by atoms with Crippen LogP contribution in [0.1, 0.15) is 56.9 Å². The molecule has 0 aliphatic carbocycles. The molecule has 1 aromatic heterocycles. The highest BCUT2D eigenvalue weighted by atomic mass is 32.1. The van der Waals surface area contributed by atoms with E-state index in [9.17, 15) is 19.5 Å². The van der Waals surface area contributed by atoms with Crippen LogP contribution in [-0.2, 0) is 27.2 Å². The van der Waals surface area contributed by atoms with Crippen LogP contribution in [0.25, 0.3) is 11.1 Å². The van der Waals surface area contributed by atoms with Crippen LogP contribution in [0.5, 0.6) is 0 Å². The van der Waals surface area contributed by atoms with Crippen LogP contribution in [0.4, 0.5) is 0 Å². The maximum atomic E-state index is 14.5. The van der Waals surface area contributed by atoms with E-state index in [2.05, 4.69) is 12.1 Å². The summed E-state index contributed by atoms with van der Waals surface area (Å²) in [6, 6.07) is 20.6. The summed E-state index contributed by atoms with van der Waals surface area (Å²) in [7, 11) is 3.38. The Bertz CT molecular complexity index is 1410. The normalized spacial score (nSPS) is 16.0. The number of benzene rings is 2. The number of hydrogen-bond acceptors (Lipinski definition) is 6. The van der Waals surface area contributed by atoms with Gasteiger partial charge < -0.3 is 25.5 Å². The molecule has 46 heavy (non-hydrogen) atoms. The van der Waals surface area contributed by atoms with Crippen LogP contribution < -0.4 is 5.73 Å². The molecule has 3 N–H and O–H groups in total. The quantitative estimate of drug-likeness (QED) is 0.272. The van der Waals surface area contributed by atoms with Crippen molar-refractivity contribution in [2.45, 2.75) is 83.0 Å². The zero-order chi connectivity index (χ0) is 33.4. The lowest BCUT2D eigenvalue weighted by atomic mass is 9.90. The molecule has 0 bridgehead atoms. The van der Waals surface area contributed by atoms with Crippen molar-refractivity contribution in [1.29, 1.82) is 0 Å². The van der Waals surface area contributed by atoms with Crippen LogP contribution in [0, 0.1) is 5.92 Å². The van der Waals surface area contributed by atoms with E-state index in [1.54, 1.807) is 40.1 Å². The monoisotopic (exact) mass is 646 g/mol. The Morgan fingerprint density at radius 3 is 2.13 bits per heavy atom. The Labute approximate surface area is 278 Å². The third-order valence-electron chi connectivity index (χ3n) is 8.88. The lowest BCUT2D eigenvalue weighted by molar-refractivity contribution is -0.151. The summed E-state index contributed by atoms with van der Waals surface area (Å²) in [6.45, 7) is 6.82. The van der Waals surface area contributed by atoms with Gasteiger partial charge in [-0.15, -0.1) is 11.3 Å². The summed E-state index contributed by atoms with van der Waals surface area (Å²) >= 11 is 1.55. The number of amides is 3. The standard InChI is InChI=1S/C37H50N4O4S/c1-26(25-37(2,3)38)22-34(43)39(4)32(23-27-13-15-29(16-14-27)28-10-7-6-8-11-28)35(44)40(5)33(24-31-12-9-21-46-31)36(45)41-19-17-30(42)18-20-41/h6-16,21,26,30,32-33,42H,17-20,22-25,38H2,1-5H3/t26?,32-,33-/m1/s1. The average molecular weight is 647 g/mol. The SMILES string of the molecule is CC(CC(=O)N(C)[C@H](Cc1ccc(-c2ccccc2)cc1)C(=O)N(C)[C@H](Cc1cccs1)C(=O)N1CCC(O)CC1)CC(C)(C)N. The maximum absolute atomic E-state index is 14.5. The number of aliphatic hydroxyl groups excluding tert-OH is 1. The highest BCUT2D eigenvalue weighted by Gasteiger charge is 2.38. The summed E-state index contributed by atoms with van der Waals surface area (Å²) in [5, 5.41) is 12.0. The molecule has 1 saturated heterocycles. The van der Waals surface area contributed by atoms with E-state index < -0.39 is 23.7 Å². The molecule has 0 radical (unpaired) electrons. The molecule has 3 atom stereocenters. The van der Waals surface area contributed by atoms with Crippen LogP contribution in [0.2, 0.25) is 0 Å². The van der Waals surface area contributed by atoms with E-state index in [0.717, 1.165) is 21.6 Å². The van der Waals surface area contributed by atoms with E-state index in [0.29, 0.717) is 45.2 Å². The summed E-state index contributed by atoms with van der Waals surface area (Å²) in [5.41, 5.74) is 8.93. The molecular weight excluding hydrogens is 596 g/mol. The van der Waals surface area contributed by atoms with Crippen molar-refractivity contribution in [2.75, 3.05) is 27.2 Å². The molecule has 1 unspecified atom stereocenters. The lowest BCUT2D eigenvalue weighted by Gasteiger charge is -2.38. The lowest BCUT2D eigenvalue weighted by Crippen LogP contribution is -2.57. The summed E-state index contributed by atoms with van der Waals surface area (Å²) in [5.74, 6) is -0.497. The molecule has 1 aliphatic heterocycles. The number of hydrogen-bond donors (Lipinski definition) is 2. The molecule has 0 saturated carbocycles. The van der Waals surface area contributed by atoms with Crippen LogP contribution in [-0.4, -0.2) is 88.4 Å². The Balaban J connectivity index is 1.61. The topological polar surface area (TPSA) is 107 Å². The molecule has 2 aromatic carbocycles. The number of carbonyl (C=O) groups excluding carboxylic acids is 3. The largest absolute Gasteiger partial charge is 0.393 e. The molecule has 0 spiro atoms. The minimum absolute atomic E-state index is 0.0381. The number of likely N-dealkylation sites (N-methyl/N-ethyl adjacent to an activating group) is 2. The second-order valence-electron chi connectivity index (χ2n) is 13.6. The van der Waals surface area contributed by atoms with E-state index in [1.807, 2.05) is 80.7 Å². The molecule has 3 amide bonds. The Kier molecular flexibility index (Phi) is 12.2. The first-order chi connectivity index (χ1) is 21.8. The van der Waals surface area contributed by atoms with Crippen molar-refractivity contribution >= 4 is 29.1 Å². The second-order valence-corrected chi connectivity index (χ2v) is 14.6. The molecule has 1 aliphatic rings. The molecule has 2 heterocycles. The third kappa shape index (κ3) is 9.74. The Morgan fingerprint density at radius 1 is 0.913 bits per heavy atom. The summed E-state index contributed by atoms with van der Waals surface area (Å²) in [4.78, 5) is 48.1. The Hall–Kier alpha value is -3.53. The molecule has 1 fully saturated rings. The van der Waals surface area contributed by atoms with Gasteiger partial charge in [-0.1, -0.05) is 67.6 Å². The first-order valence-electron chi connectivity index (χ1n) is 16.3. The first kappa shape index (κ1) is 35.3. The van der Waals surface area contributed by atoms with E-state index in [-0.39, 0.29) is 30.1 Å². The van der Waals surface area contributed by atoms with Crippen molar-refractivity contribution in [2.24, 2.45) is 11.7 Å². The highest BCUT2D eigenvalue weighted by Crippen LogP contribution is 2.24. The number of likely N-dealkylation sites (tertiary alicyclic amines) is 1. The fourth-order valence-corrected chi connectivity index (χ4v) is 7.10. The van der Waals surface area contributed by atoms with Crippen LogP contribution >= 0.6 is 11.3 Å². The molecular formula is C37H50N4O4S. The van der Waals surface area contributed by atoms with E-state index in [1.165, 1.54) is 0 Å². The van der Waals surface area contributed by atoms with Crippen LogP contribution in [0.3, 0.4) is 0 Å². The van der Waals surface area contributed by atoms with Gasteiger partial charge in [0.25, 0.3) is 0 Å². The number of carbonyl (C=O) groups is 3. The number of rotatable bonds is 13. The highest BCUT2D eigenvalue weighted by molar-refractivity contribution is 7.09. The van der Waals surface area contributed by atoms with Crippen molar-refractivity contribution in [3.8, 4) is 11.1 Å².